The first-order valence-corrected chi connectivity index (χ1v) is 7.29. The van der Waals surface area contributed by atoms with E-state index in [1.807, 2.05) is 42.6 Å². The van der Waals surface area contributed by atoms with Gasteiger partial charge in [0.1, 0.15) is 17.0 Å². The Balaban J connectivity index is 1.73. The number of thiophene rings is 1. The van der Waals surface area contributed by atoms with Gasteiger partial charge in [-0.15, -0.1) is 11.3 Å². The standard InChI is InChI=1S/C15H15N3OS/c1-10-2-4-11(5-3-10)13(19)8-16-14-12-6-7-20-15(12)18-9-17-14/h2-7,9,13,19H,8H2,1H3,(H,16,17,18). The van der Waals surface area contributed by atoms with Crippen molar-refractivity contribution < 1.29 is 5.11 Å². The molecule has 0 saturated carbocycles. The second kappa shape index (κ2) is 5.56. The smallest absolute Gasteiger partial charge is 0.138 e. The number of nitrogens with zero attached hydrogens (tertiary/aromatic N) is 2. The maximum absolute atomic E-state index is 10.2. The van der Waals surface area contributed by atoms with Gasteiger partial charge in [0, 0.05) is 6.54 Å². The van der Waals surface area contributed by atoms with Crippen LogP contribution in [-0.4, -0.2) is 21.6 Å². The molecule has 0 bridgehead atoms. The van der Waals surface area contributed by atoms with Crippen LogP contribution in [0.25, 0.3) is 10.2 Å². The van der Waals surface area contributed by atoms with E-state index in [2.05, 4.69) is 15.3 Å². The fraction of sp³-hybridized carbons (Fsp3) is 0.200. The van der Waals surface area contributed by atoms with Crippen molar-refractivity contribution in [1.29, 1.82) is 0 Å². The largest absolute Gasteiger partial charge is 0.387 e. The zero-order chi connectivity index (χ0) is 13.9. The predicted molar refractivity (Wildman–Crippen MR) is 82.0 cm³/mol. The molecule has 0 aliphatic carbocycles. The summed E-state index contributed by atoms with van der Waals surface area (Å²) < 4.78 is 0. The summed E-state index contributed by atoms with van der Waals surface area (Å²) in [6.07, 6.45) is 0.985. The van der Waals surface area contributed by atoms with Crippen molar-refractivity contribution in [3.05, 3.63) is 53.2 Å². The van der Waals surface area contributed by atoms with E-state index in [-0.39, 0.29) is 0 Å². The first-order valence-electron chi connectivity index (χ1n) is 6.41. The van der Waals surface area contributed by atoms with Gasteiger partial charge in [-0.1, -0.05) is 29.8 Å². The van der Waals surface area contributed by atoms with E-state index in [1.165, 1.54) is 5.56 Å². The lowest BCUT2D eigenvalue weighted by atomic mass is 10.1. The quantitative estimate of drug-likeness (QED) is 0.773. The molecule has 1 aromatic carbocycles. The number of aryl methyl sites for hydroxylation is 1. The van der Waals surface area contributed by atoms with Gasteiger partial charge in [0.2, 0.25) is 0 Å². The number of benzene rings is 1. The maximum atomic E-state index is 10.2. The molecule has 2 heterocycles. The van der Waals surface area contributed by atoms with Gasteiger partial charge in [0.15, 0.2) is 0 Å². The monoisotopic (exact) mass is 285 g/mol. The molecule has 0 spiro atoms. The van der Waals surface area contributed by atoms with Crippen molar-refractivity contribution in [2.24, 2.45) is 0 Å². The summed E-state index contributed by atoms with van der Waals surface area (Å²) >= 11 is 1.58. The van der Waals surface area contributed by atoms with Crippen LogP contribution in [0.15, 0.2) is 42.0 Å². The van der Waals surface area contributed by atoms with Crippen LogP contribution in [0.4, 0.5) is 5.82 Å². The van der Waals surface area contributed by atoms with Crippen LogP contribution >= 0.6 is 11.3 Å². The van der Waals surface area contributed by atoms with Gasteiger partial charge in [-0.2, -0.15) is 0 Å². The SMILES string of the molecule is Cc1ccc(C(O)CNc2ncnc3sccc23)cc1. The molecule has 0 aliphatic rings. The van der Waals surface area contributed by atoms with Crippen LogP contribution in [0.1, 0.15) is 17.2 Å². The minimum absolute atomic E-state index is 0.422. The van der Waals surface area contributed by atoms with Crippen LogP contribution < -0.4 is 5.32 Å². The molecule has 3 aromatic rings. The number of aromatic nitrogens is 2. The van der Waals surface area contributed by atoms with Crippen molar-refractivity contribution in [2.45, 2.75) is 13.0 Å². The fourth-order valence-corrected chi connectivity index (χ4v) is 2.76. The molecule has 0 saturated heterocycles. The second-order valence-corrected chi connectivity index (χ2v) is 5.56. The Bertz CT molecular complexity index is 708. The molecular formula is C15H15N3OS. The molecule has 5 heteroatoms. The molecule has 0 aliphatic heterocycles. The summed E-state index contributed by atoms with van der Waals surface area (Å²) in [7, 11) is 0. The number of anilines is 1. The Morgan fingerprint density at radius 2 is 2.00 bits per heavy atom. The van der Waals surface area contributed by atoms with E-state index >= 15 is 0 Å². The number of aliphatic hydroxyl groups excluding tert-OH is 1. The molecular weight excluding hydrogens is 270 g/mol. The van der Waals surface area contributed by atoms with Gasteiger partial charge >= 0.3 is 0 Å². The summed E-state index contributed by atoms with van der Waals surface area (Å²) in [6, 6.07) is 9.88. The predicted octanol–water partition coefficient (Wildman–Crippen LogP) is 3.15. The van der Waals surface area contributed by atoms with Crippen molar-refractivity contribution in [1.82, 2.24) is 9.97 Å². The summed E-state index contributed by atoms with van der Waals surface area (Å²) in [5, 5.41) is 16.4. The zero-order valence-electron chi connectivity index (χ0n) is 11.1. The number of rotatable bonds is 4. The number of fused-ring (bicyclic) bond motifs is 1. The van der Waals surface area contributed by atoms with Crippen LogP contribution in [0.5, 0.6) is 0 Å². The molecule has 3 rings (SSSR count). The minimum atomic E-state index is -0.556. The number of aliphatic hydroxyl groups is 1. The third kappa shape index (κ3) is 2.64. The molecule has 0 fully saturated rings. The Morgan fingerprint density at radius 3 is 2.80 bits per heavy atom. The van der Waals surface area contributed by atoms with Crippen molar-refractivity contribution in [3.63, 3.8) is 0 Å². The highest BCUT2D eigenvalue weighted by atomic mass is 32.1. The normalized spacial score (nSPS) is 12.5. The summed E-state index contributed by atoms with van der Waals surface area (Å²) in [5.74, 6) is 0.766. The Labute approximate surface area is 121 Å². The Morgan fingerprint density at radius 1 is 1.20 bits per heavy atom. The minimum Gasteiger partial charge on any atom is -0.387 e. The highest BCUT2D eigenvalue weighted by Crippen LogP contribution is 2.24. The summed E-state index contributed by atoms with van der Waals surface area (Å²) in [4.78, 5) is 9.39. The van der Waals surface area contributed by atoms with E-state index in [4.69, 9.17) is 0 Å². The molecule has 2 aromatic heterocycles. The van der Waals surface area contributed by atoms with Gasteiger partial charge < -0.3 is 10.4 Å². The lowest BCUT2D eigenvalue weighted by Crippen LogP contribution is -2.13. The van der Waals surface area contributed by atoms with Crippen molar-refractivity contribution >= 4 is 27.4 Å². The van der Waals surface area contributed by atoms with Crippen LogP contribution in [-0.2, 0) is 0 Å². The zero-order valence-corrected chi connectivity index (χ0v) is 11.9. The van der Waals surface area contributed by atoms with E-state index in [0.29, 0.717) is 6.54 Å². The van der Waals surface area contributed by atoms with Crippen LogP contribution in [0.2, 0.25) is 0 Å². The average Bonchev–Trinajstić information content (AvgIpc) is 2.94. The third-order valence-corrected chi connectivity index (χ3v) is 4.01. The molecule has 4 nitrogen and oxygen atoms in total. The third-order valence-electron chi connectivity index (χ3n) is 3.19. The van der Waals surface area contributed by atoms with E-state index in [1.54, 1.807) is 17.7 Å². The van der Waals surface area contributed by atoms with Crippen molar-refractivity contribution in [2.75, 3.05) is 11.9 Å². The highest BCUT2D eigenvalue weighted by molar-refractivity contribution is 7.16. The molecule has 1 unspecified atom stereocenters. The Hall–Kier alpha value is -1.98. The van der Waals surface area contributed by atoms with Gasteiger partial charge in [-0.25, -0.2) is 9.97 Å². The molecule has 0 amide bonds. The van der Waals surface area contributed by atoms with E-state index in [0.717, 1.165) is 21.6 Å². The Kier molecular flexibility index (Phi) is 3.62. The molecule has 20 heavy (non-hydrogen) atoms. The van der Waals surface area contributed by atoms with Gasteiger partial charge in [0.25, 0.3) is 0 Å². The fourth-order valence-electron chi connectivity index (χ4n) is 2.03. The van der Waals surface area contributed by atoms with Crippen LogP contribution in [0.3, 0.4) is 0 Å². The number of hydrogen-bond donors (Lipinski definition) is 2. The lowest BCUT2D eigenvalue weighted by Gasteiger charge is -2.13. The van der Waals surface area contributed by atoms with Gasteiger partial charge in [0.05, 0.1) is 11.5 Å². The first kappa shape index (κ1) is 13.0. The maximum Gasteiger partial charge on any atom is 0.138 e. The lowest BCUT2D eigenvalue weighted by molar-refractivity contribution is 0.191. The highest BCUT2D eigenvalue weighted by Gasteiger charge is 2.09. The summed E-state index contributed by atoms with van der Waals surface area (Å²) in [6.45, 7) is 2.45. The second-order valence-electron chi connectivity index (χ2n) is 4.67. The molecule has 102 valence electrons. The molecule has 2 N–H and O–H groups in total. The topological polar surface area (TPSA) is 58.0 Å². The van der Waals surface area contributed by atoms with Crippen molar-refractivity contribution in [3.8, 4) is 0 Å². The van der Waals surface area contributed by atoms with E-state index < -0.39 is 6.10 Å². The van der Waals surface area contributed by atoms with Gasteiger partial charge in [-0.05, 0) is 23.9 Å². The van der Waals surface area contributed by atoms with Crippen LogP contribution in [0, 0.1) is 6.92 Å². The molecule has 0 radical (unpaired) electrons. The summed E-state index contributed by atoms with van der Waals surface area (Å²) in [5.41, 5.74) is 2.09. The number of hydrogen-bond acceptors (Lipinski definition) is 5. The molecule has 1 atom stereocenters. The number of nitrogens with one attached hydrogen (secondary N) is 1. The van der Waals surface area contributed by atoms with E-state index in [9.17, 15) is 5.11 Å². The first-order chi connectivity index (χ1) is 9.74. The van der Waals surface area contributed by atoms with Gasteiger partial charge in [-0.3, -0.25) is 0 Å². The average molecular weight is 285 g/mol.